The average Bonchev–Trinajstić information content (AvgIpc) is 2.67. The minimum Gasteiger partial charge on any atom is -0.478 e. The van der Waals surface area contributed by atoms with Gasteiger partial charge >= 0.3 is 5.97 Å². The molecule has 1 unspecified atom stereocenters. The third-order valence-corrected chi connectivity index (χ3v) is 2.67. The van der Waals surface area contributed by atoms with Gasteiger partial charge in [0.05, 0.1) is 12.2 Å². The number of hydrogen-bond acceptors (Lipinski definition) is 4. The fourth-order valence-corrected chi connectivity index (χ4v) is 1.76. The van der Waals surface area contributed by atoms with Crippen LogP contribution in [0.3, 0.4) is 0 Å². The van der Waals surface area contributed by atoms with Gasteiger partial charge in [-0.2, -0.15) is 0 Å². The van der Waals surface area contributed by atoms with Crippen LogP contribution >= 0.6 is 0 Å². The second kappa shape index (κ2) is 4.57. The van der Waals surface area contributed by atoms with Gasteiger partial charge in [-0.3, -0.25) is 4.79 Å². The molecule has 0 spiro atoms. The molecule has 1 aliphatic rings. The summed E-state index contributed by atoms with van der Waals surface area (Å²) in [6.45, 7) is 3.76. The topological polar surface area (TPSA) is 52.6 Å². The van der Waals surface area contributed by atoms with Gasteiger partial charge in [0.1, 0.15) is 5.75 Å². The first kappa shape index (κ1) is 11.6. The molecule has 0 aromatic heterocycles. The van der Waals surface area contributed by atoms with E-state index in [0.29, 0.717) is 24.3 Å². The quantitative estimate of drug-likeness (QED) is 0.592. The van der Waals surface area contributed by atoms with Gasteiger partial charge in [0.2, 0.25) is 0 Å². The van der Waals surface area contributed by atoms with Gasteiger partial charge in [-0.25, -0.2) is 4.79 Å². The number of ketones is 1. The smallest absolute Gasteiger partial charge is 0.347 e. The Bertz CT molecular complexity index is 464. The molecular formula is C13H14O4. The zero-order chi connectivity index (χ0) is 12.4. The lowest BCUT2D eigenvalue weighted by atomic mass is 10.1. The number of Topliss-reactive ketones (excluding diaryl/α,β-unsaturated/α-hetero) is 1. The van der Waals surface area contributed by atoms with E-state index >= 15 is 0 Å². The first-order chi connectivity index (χ1) is 8.08. The maximum absolute atomic E-state index is 11.5. The van der Waals surface area contributed by atoms with Crippen molar-refractivity contribution in [3.05, 3.63) is 29.3 Å². The molecule has 1 saturated heterocycles. The van der Waals surface area contributed by atoms with E-state index in [0.717, 1.165) is 5.56 Å². The van der Waals surface area contributed by atoms with Gasteiger partial charge in [0, 0.05) is 6.42 Å². The highest BCUT2D eigenvalue weighted by molar-refractivity contribution is 5.97. The summed E-state index contributed by atoms with van der Waals surface area (Å²) < 4.78 is 10.4. The Kier molecular flexibility index (Phi) is 3.13. The van der Waals surface area contributed by atoms with Crippen molar-refractivity contribution in [3.63, 3.8) is 0 Å². The van der Waals surface area contributed by atoms with Crippen LogP contribution in [0.15, 0.2) is 18.2 Å². The molecule has 0 aliphatic carbocycles. The van der Waals surface area contributed by atoms with Gasteiger partial charge in [0.25, 0.3) is 0 Å². The summed E-state index contributed by atoms with van der Waals surface area (Å²) in [5, 5.41) is 0. The predicted octanol–water partition coefficient (Wildman–Crippen LogP) is 1.89. The summed E-state index contributed by atoms with van der Waals surface area (Å²) in [5.74, 6) is 0.0158. The molecular weight excluding hydrogens is 220 g/mol. The number of carbonyl (C=O) groups excluding carboxylic acids is 2. The van der Waals surface area contributed by atoms with Crippen LogP contribution in [0.4, 0.5) is 0 Å². The Labute approximate surface area is 99.5 Å². The fraction of sp³-hybridized carbons (Fsp3) is 0.385. The number of cyclic esters (lactones) is 1. The molecule has 2 rings (SSSR count). The van der Waals surface area contributed by atoms with Gasteiger partial charge in [-0.1, -0.05) is 11.6 Å². The standard InChI is InChI=1S/C13H14O4/c1-8-3-4-11(10(7-8)9(2)14)17-12-5-6-16-13(12)15/h3-4,7,12H,5-6H2,1-2H3. The number of rotatable bonds is 3. The van der Waals surface area contributed by atoms with E-state index in [1.807, 2.05) is 13.0 Å². The van der Waals surface area contributed by atoms with Crippen LogP contribution in [-0.2, 0) is 9.53 Å². The predicted molar refractivity (Wildman–Crippen MR) is 61.2 cm³/mol. The molecule has 1 fully saturated rings. The molecule has 1 aliphatic heterocycles. The first-order valence-corrected chi connectivity index (χ1v) is 5.53. The number of hydrogen-bond donors (Lipinski definition) is 0. The second-order valence-electron chi connectivity index (χ2n) is 4.12. The SMILES string of the molecule is CC(=O)c1cc(C)ccc1OC1CCOC1=O. The van der Waals surface area contributed by atoms with Gasteiger partial charge in [-0.05, 0) is 26.0 Å². The first-order valence-electron chi connectivity index (χ1n) is 5.53. The van der Waals surface area contributed by atoms with Crippen LogP contribution in [0.2, 0.25) is 0 Å². The van der Waals surface area contributed by atoms with Crippen molar-refractivity contribution in [2.75, 3.05) is 6.61 Å². The van der Waals surface area contributed by atoms with Crippen LogP contribution in [0.25, 0.3) is 0 Å². The van der Waals surface area contributed by atoms with E-state index in [2.05, 4.69) is 0 Å². The molecule has 0 N–H and O–H groups in total. The van der Waals surface area contributed by atoms with Crippen molar-refractivity contribution in [3.8, 4) is 5.75 Å². The van der Waals surface area contributed by atoms with Crippen molar-refractivity contribution in [2.24, 2.45) is 0 Å². The molecule has 0 radical (unpaired) electrons. The lowest BCUT2D eigenvalue weighted by Crippen LogP contribution is -2.22. The van der Waals surface area contributed by atoms with E-state index in [1.54, 1.807) is 12.1 Å². The summed E-state index contributed by atoms with van der Waals surface area (Å²) in [4.78, 5) is 22.8. The van der Waals surface area contributed by atoms with Crippen molar-refractivity contribution >= 4 is 11.8 Å². The van der Waals surface area contributed by atoms with E-state index in [1.165, 1.54) is 6.92 Å². The van der Waals surface area contributed by atoms with E-state index in [-0.39, 0.29) is 11.8 Å². The van der Waals surface area contributed by atoms with Crippen LogP contribution < -0.4 is 4.74 Å². The third-order valence-electron chi connectivity index (χ3n) is 2.67. The number of benzene rings is 1. The van der Waals surface area contributed by atoms with Crippen LogP contribution in [0, 0.1) is 6.92 Å². The zero-order valence-electron chi connectivity index (χ0n) is 9.86. The Morgan fingerprint density at radius 1 is 1.47 bits per heavy atom. The summed E-state index contributed by atoms with van der Waals surface area (Å²) >= 11 is 0. The maximum Gasteiger partial charge on any atom is 0.347 e. The molecule has 0 amide bonds. The number of ether oxygens (including phenoxy) is 2. The summed E-state index contributed by atoms with van der Waals surface area (Å²) in [5.41, 5.74) is 1.49. The molecule has 1 atom stereocenters. The largest absolute Gasteiger partial charge is 0.478 e. The minimum atomic E-state index is -0.587. The zero-order valence-corrected chi connectivity index (χ0v) is 9.86. The highest BCUT2D eigenvalue weighted by atomic mass is 16.6. The summed E-state index contributed by atoms with van der Waals surface area (Å²) in [6.07, 6.45) is -0.0554. The Morgan fingerprint density at radius 2 is 2.24 bits per heavy atom. The Morgan fingerprint density at radius 3 is 2.82 bits per heavy atom. The van der Waals surface area contributed by atoms with Crippen LogP contribution in [-0.4, -0.2) is 24.5 Å². The third kappa shape index (κ3) is 2.46. The van der Waals surface area contributed by atoms with E-state index in [9.17, 15) is 9.59 Å². The Hall–Kier alpha value is -1.84. The van der Waals surface area contributed by atoms with Crippen molar-refractivity contribution in [1.29, 1.82) is 0 Å². The second-order valence-corrected chi connectivity index (χ2v) is 4.12. The van der Waals surface area contributed by atoms with Crippen molar-refractivity contribution < 1.29 is 19.1 Å². The molecule has 4 heteroatoms. The molecule has 17 heavy (non-hydrogen) atoms. The molecule has 1 aromatic rings. The summed E-state index contributed by atoms with van der Waals surface area (Å²) in [7, 11) is 0. The van der Waals surface area contributed by atoms with Crippen LogP contribution in [0.1, 0.15) is 29.3 Å². The van der Waals surface area contributed by atoms with Crippen molar-refractivity contribution in [2.45, 2.75) is 26.4 Å². The molecule has 4 nitrogen and oxygen atoms in total. The fourth-order valence-electron chi connectivity index (χ4n) is 1.76. The maximum atomic E-state index is 11.5. The lowest BCUT2D eigenvalue weighted by molar-refractivity contribution is -0.143. The Balaban J connectivity index is 2.25. The highest BCUT2D eigenvalue weighted by Crippen LogP contribution is 2.24. The normalized spacial score (nSPS) is 18.9. The minimum absolute atomic E-state index is 0.0740. The lowest BCUT2D eigenvalue weighted by Gasteiger charge is -2.13. The number of esters is 1. The number of carbonyl (C=O) groups is 2. The molecule has 0 saturated carbocycles. The molecule has 1 heterocycles. The molecule has 90 valence electrons. The number of aryl methyl sites for hydroxylation is 1. The highest BCUT2D eigenvalue weighted by Gasteiger charge is 2.29. The average molecular weight is 234 g/mol. The monoisotopic (exact) mass is 234 g/mol. The van der Waals surface area contributed by atoms with E-state index in [4.69, 9.17) is 9.47 Å². The van der Waals surface area contributed by atoms with Gasteiger partial charge < -0.3 is 9.47 Å². The van der Waals surface area contributed by atoms with Crippen LogP contribution in [0.5, 0.6) is 5.75 Å². The molecule has 0 bridgehead atoms. The molecule has 1 aromatic carbocycles. The van der Waals surface area contributed by atoms with Crippen molar-refractivity contribution in [1.82, 2.24) is 0 Å². The van der Waals surface area contributed by atoms with Gasteiger partial charge in [-0.15, -0.1) is 0 Å². The van der Waals surface area contributed by atoms with E-state index < -0.39 is 6.10 Å². The summed E-state index contributed by atoms with van der Waals surface area (Å²) in [6, 6.07) is 5.33. The van der Waals surface area contributed by atoms with Gasteiger partial charge in [0.15, 0.2) is 11.9 Å².